The van der Waals surface area contributed by atoms with Gasteiger partial charge in [-0.3, -0.25) is 14.9 Å². The molecule has 8 heteroatoms. The molecule has 1 aromatic heterocycles. The van der Waals surface area contributed by atoms with E-state index in [1.54, 1.807) is 0 Å². The van der Waals surface area contributed by atoms with Crippen LogP contribution in [-0.4, -0.2) is 34.9 Å². The average molecular weight is 299 g/mol. The number of pyridine rings is 1. The Bertz CT molecular complexity index is 517. The monoisotopic (exact) mass is 298 g/mol. The molecule has 2 rings (SSSR count). The predicted molar refractivity (Wildman–Crippen MR) is 73.9 cm³/mol. The van der Waals surface area contributed by atoms with Crippen molar-refractivity contribution in [1.29, 1.82) is 0 Å². The Labute approximate surface area is 120 Å². The van der Waals surface area contributed by atoms with Crippen LogP contribution < -0.4 is 10.6 Å². The highest BCUT2D eigenvalue weighted by Gasteiger charge is 2.21. The fourth-order valence-corrected chi connectivity index (χ4v) is 2.37. The molecule has 0 saturated carbocycles. The lowest BCUT2D eigenvalue weighted by molar-refractivity contribution is -0.385. The summed E-state index contributed by atoms with van der Waals surface area (Å²) < 4.78 is 0. The number of nitrogens with one attached hydrogen (secondary N) is 2. The molecule has 0 spiro atoms. The summed E-state index contributed by atoms with van der Waals surface area (Å²) in [7, 11) is 0. The molecule has 1 amide bonds. The standard InChI is InChI=1S/C12H15ClN4O3/c13-11-6-9(10(7-16-11)17(19)20)12(18)15-5-3-8-2-1-4-14-8/h6-8,14H,1-5H2,(H,15,18)/t8-/m0/s1. The second-order valence-corrected chi connectivity index (χ2v) is 5.01. The van der Waals surface area contributed by atoms with Crippen molar-refractivity contribution in [3.63, 3.8) is 0 Å². The fraction of sp³-hybridized carbons (Fsp3) is 0.500. The zero-order valence-electron chi connectivity index (χ0n) is 10.8. The Balaban J connectivity index is 1.97. The quantitative estimate of drug-likeness (QED) is 0.488. The summed E-state index contributed by atoms with van der Waals surface area (Å²) in [5.74, 6) is -0.501. The highest BCUT2D eigenvalue weighted by molar-refractivity contribution is 6.29. The van der Waals surface area contributed by atoms with Crippen molar-refractivity contribution in [2.75, 3.05) is 13.1 Å². The first kappa shape index (κ1) is 14.7. The second kappa shape index (κ2) is 6.62. The third-order valence-electron chi connectivity index (χ3n) is 3.23. The zero-order valence-corrected chi connectivity index (χ0v) is 11.5. The first-order valence-corrected chi connectivity index (χ1v) is 6.77. The molecule has 0 bridgehead atoms. The molecule has 0 aromatic carbocycles. The van der Waals surface area contributed by atoms with Crippen LogP contribution >= 0.6 is 11.6 Å². The summed E-state index contributed by atoms with van der Waals surface area (Å²) >= 11 is 5.68. The van der Waals surface area contributed by atoms with Gasteiger partial charge in [0.15, 0.2) is 0 Å². The molecule has 108 valence electrons. The van der Waals surface area contributed by atoms with Gasteiger partial charge in [-0.2, -0.15) is 0 Å². The van der Waals surface area contributed by atoms with Crippen LogP contribution in [0.2, 0.25) is 5.15 Å². The third-order valence-corrected chi connectivity index (χ3v) is 3.44. The third kappa shape index (κ3) is 3.64. The maximum atomic E-state index is 12.0. The van der Waals surface area contributed by atoms with Crippen LogP contribution in [0.5, 0.6) is 0 Å². The van der Waals surface area contributed by atoms with E-state index in [4.69, 9.17) is 11.6 Å². The van der Waals surface area contributed by atoms with Crippen LogP contribution in [0.25, 0.3) is 0 Å². The van der Waals surface area contributed by atoms with Crippen molar-refractivity contribution < 1.29 is 9.72 Å². The molecule has 1 aliphatic heterocycles. The van der Waals surface area contributed by atoms with E-state index in [2.05, 4.69) is 15.6 Å². The van der Waals surface area contributed by atoms with E-state index >= 15 is 0 Å². The number of amides is 1. The number of carbonyl (C=O) groups is 1. The molecular formula is C12H15ClN4O3. The number of hydrogen-bond donors (Lipinski definition) is 2. The summed E-state index contributed by atoms with van der Waals surface area (Å²) in [5.41, 5.74) is -0.403. The number of nitro groups is 1. The molecule has 2 N–H and O–H groups in total. The molecule has 20 heavy (non-hydrogen) atoms. The minimum Gasteiger partial charge on any atom is -0.352 e. The number of rotatable bonds is 5. The summed E-state index contributed by atoms with van der Waals surface area (Å²) in [6, 6.07) is 1.62. The fourth-order valence-electron chi connectivity index (χ4n) is 2.21. The van der Waals surface area contributed by atoms with Crippen LogP contribution in [0.1, 0.15) is 29.6 Å². The van der Waals surface area contributed by atoms with Gasteiger partial charge in [-0.25, -0.2) is 4.98 Å². The maximum absolute atomic E-state index is 12.0. The predicted octanol–water partition coefficient (Wildman–Crippen LogP) is 1.52. The number of hydrogen-bond acceptors (Lipinski definition) is 5. The molecule has 0 unspecified atom stereocenters. The van der Waals surface area contributed by atoms with E-state index in [1.807, 2.05) is 0 Å². The first-order chi connectivity index (χ1) is 9.58. The zero-order chi connectivity index (χ0) is 14.5. The number of aromatic nitrogens is 1. The molecular weight excluding hydrogens is 284 g/mol. The highest BCUT2D eigenvalue weighted by Crippen LogP contribution is 2.20. The lowest BCUT2D eigenvalue weighted by Crippen LogP contribution is -2.31. The summed E-state index contributed by atoms with van der Waals surface area (Å²) in [5, 5.41) is 16.9. The molecule has 2 heterocycles. The van der Waals surface area contributed by atoms with Crippen molar-refractivity contribution in [2.24, 2.45) is 0 Å². The molecule has 1 aromatic rings. The van der Waals surface area contributed by atoms with Gasteiger partial charge in [0.25, 0.3) is 11.6 Å². The largest absolute Gasteiger partial charge is 0.352 e. The van der Waals surface area contributed by atoms with E-state index in [9.17, 15) is 14.9 Å². The Morgan fingerprint density at radius 3 is 3.10 bits per heavy atom. The molecule has 1 aliphatic rings. The van der Waals surface area contributed by atoms with Gasteiger partial charge in [0.2, 0.25) is 0 Å². The van der Waals surface area contributed by atoms with Crippen LogP contribution in [0.3, 0.4) is 0 Å². The highest BCUT2D eigenvalue weighted by atomic mass is 35.5. The Morgan fingerprint density at radius 1 is 1.65 bits per heavy atom. The van der Waals surface area contributed by atoms with Gasteiger partial charge in [0.1, 0.15) is 16.9 Å². The second-order valence-electron chi connectivity index (χ2n) is 4.62. The molecule has 1 saturated heterocycles. The van der Waals surface area contributed by atoms with E-state index in [0.29, 0.717) is 12.6 Å². The lowest BCUT2D eigenvalue weighted by atomic mass is 10.1. The number of halogens is 1. The summed E-state index contributed by atoms with van der Waals surface area (Å²) in [6.45, 7) is 1.47. The topological polar surface area (TPSA) is 97.2 Å². The molecule has 1 fully saturated rings. The Kier molecular flexibility index (Phi) is 4.86. The van der Waals surface area contributed by atoms with E-state index in [-0.39, 0.29) is 16.4 Å². The smallest absolute Gasteiger partial charge is 0.300 e. The summed E-state index contributed by atoms with van der Waals surface area (Å²) in [4.78, 5) is 25.8. The number of nitrogens with zero attached hydrogens (tertiary/aromatic N) is 2. The van der Waals surface area contributed by atoms with Crippen LogP contribution in [0, 0.1) is 10.1 Å². The first-order valence-electron chi connectivity index (χ1n) is 6.39. The van der Waals surface area contributed by atoms with Gasteiger partial charge in [-0.1, -0.05) is 11.6 Å². The Morgan fingerprint density at radius 2 is 2.45 bits per heavy atom. The minimum atomic E-state index is -0.642. The molecule has 0 aliphatic carbocycles. The van der Waals surface area contributed by atoms with Gasteiger partial charge in [0.05, 0.1) is 4.92 Å². The molecule has 7 nitrogen and oxygen atoms in total. The van der Waals surface area contributed by atoms with Gasteiger partial charge < -0.3 is 10.6 Å². The van der Waals surface area contributed by atoms with E-state index in [1.165, 1.54) is 6.07 Å². The Hall–Kier alpha value is -1.73. The van der Waals surface area contributed by atoms with Gasteiger partial charge in [0, 0.05) is 12.6 Å². The van der Waals surface area contributed by atoms with Gasteiger partial charge in [-0.15, -0.1) is 0 Å². The van der Waals surface area contributed by atoms with E-state index in [0.717, 1.165) is 32.0 Å². The van der Waals surface area contributed by atoms with Crippen molar-refractivity contribution in [3.05, 3.63) is 33.1 Å². The van der Waals surface area contributed by atoms with E-state index < -0.39 is 10.8 Å². The van der Waals surface area contributed by atoms with Crippen molar-refractivity contribution in [3.8, 4) is 0 Å². The van der Waals surface area contributed by atoms with Gasteiger partial charge >= 0.3 is 0 Å². The number of carbonyl (C=O) groups excluding carboxylic acids is 1. The lowest BCUT2D eigenvalue weighted by Gasteiger charge is -2.10. The van der Waals surface area contributed by atoms with Crippen molar-refractivity contribution >= 4 is 23.2 Å². The van der Waals surface area contributed by atoms with Gasteiger partial charge in [-0.05, 0) is 31.9 Å². The molecule has 1 atom stereocenters. The minimum absolute atomic E-state index is 0.0539. The van der Waals surface area contributed by atoms with Crippen molar-refractivity contribution in [1.82, 2.24) is 15.6 Å². The molecule has 0 radical (unpaired) electrons. The maximum Gasteiger partial charge on any atom is 0.300 e. The normalized spacial score (nSPS) is 17.9. The SMILES string of the molecule is O=C(NCC[C@@H]1CCCN1)c1cc(Cl)ncc1[N+](=O)[O-]. The van der Waals surface area contributed by atoms with Crippen LogP contribution in [-0.2, 0) is 0 Å². The van der Waals surface area contributed by atoms with Crippen LogP contribution in [0.4, 0.5) is 5.69 Å². The van der Waals surface area contributed by atoms with Crippen molar-refractivity contribution in [2.45, 2.75) is 25.3 Å². The van der Waals surface area contributed by atoms with Crippen LogP contribution in [0.15, 0.2) is 12.3 Å². The summed E-state index contributed by atoms with van der Waals surface area (Å²) in [6.07, 6.45) is 4.04. The average Bonchev–Trinajstić information content (AvgIpc) is 2.91.